The van der Waals surface area contributed by atoms with Crippen LogP contribution < -0.4 is 11.1 Å². The molecule has 0 aromatic carbocycles. The lowest BCUT2D eigenvalue weighted by Crippen LogP contribution is -2.27. The Morgan fingerprint density at radius 1 is 1.25 bits per heavy atom. The molecule has 3 aliphatic rings. The Morgan fingerprint density at radius 3 is 2.50 bits per heavy atom. The van der Waals surface area contributed by atoms with E-state index in [1.165, 1.54) is 32.2 Å². The summed E-state index contributed by atoms with van der Waals surface area (Å²) < 4.78 is 0. The van der Waals surface area contributed by atoms with Crippen LogP contribution in [0.2, 0.25) is 0 Å². The summed E-state index contributed by atoms with van der Waals surface area (Å²) in [7, 11) is 0. The van der Waals surface area contributed by atoms with Crippen LogP contribution in [-0.4, -0.2) is 19.1 Å². The molecule has 0 aromatic heterocycles. The third-order valence-corrected chi connectivity index (χ3v) is 5.58. The minimum Gasteiger partial charge on any atom is -0.330 e. The van der Waals surface area contributed by atoms with Gasteiger partial charge in [-0.05, 0) is 68.4 Å². The summed E-state index contributed by atoms with van der Waals surface area (Å²) >= 11 is 0. The monoisotopic (exact) mass is 222 g/mol. The number of fused-ring (bicyclic) bond motifs is 5. The van der Waals surface area contributed by atoms with E-state index in [-0.39, 0.29) is 0 Å². The summed E-state index contributed by atoms with van der Waals surface area (Å²) in [5, 5.41) is 3.80. The second-order valence-electron chi connectivity index (χ2n) is 6.27. The van der Waals surface area contributed by atoms with Crippen LogP contribution in [0.25, 0.3) is 0 Å². The number of hydrogen-bond donors (Lipinski definition) is 2. The Morgan fingerprint density at radius 2 is 1.94 bits per heavy atom. The number of nitrogens with one attached hydrogen (secondary N) is 1. The standard InChI is InChI=1S/C14H26N2/c1-2-9(8-15)5-6-16-14-12-10-3-4-11(7-10)13(12)14/h9-14,16H,2-8,15H2,1H3. The molecule has 92 valence electrons. The molecule has 0 aromatic rings. The second kappa shape index (κ2) is 4.30. The van der Waals surface area contributed by atoms with Crippen LogP contribution in [0, 0.1) is 29.6 Å². The van der Waals surface area contributed by atoms with Gasteiger partial charge in [-0.15, -0.1) is 0 Å². The van der Waals surface area contributed by atoms with Crippen LogP contribution in [0.1, 0.15) is 39.0 Å². The first-order valence-corrected chi connectivity index (χ1v) is 7.28. The Kier molecular flexibility index (Phi) is 2.97. The van der Waals surface area contributed by atoms with Crippen molar-refractivity contribution in [3.8, 4) is 0 Å². The highest BCUT2D eigenvalue weighted by Crippen LogP contribution is 2.65. The molecule has 5 unspecified atom stereocenters. The molecular formula is C14H26N2. The van der Waals surface area contributed by atoms with Gasteiger partial charge in [0.15, 0.2) is 0 Å². The van der Waals surface area contributed by atoms with Gasteiger partial charge in [-0.1, -0.05) is 13.3 Å². The minimum absolute atomic E-state index is 0.739. The van der Waals surface area contributed by atoms with E-state index < -0.39 is 0 Å². The van der Waals surface area contributed by atoms with Crippen LogP contribution in [0.4, 0.5) is 0 Å². The summed E-state index contributed by atoms with van der Waals surface area (Å²) in [6.07, 6.45) is 7.14. The van der Waals surface area contributed by atoms with Crippen molar-refractivity contribution in [2.45, 2.75) is 45.1 Å². The SMILES string of the molecule is CCC(CN)CCNC1C2C3CCC(C3)C12. The predicted octanol–water partition coefficient (Wildman–Crippen LogP) is 2.00. The molecule has 3 N–H and O–H groups in total. The lowest BCUT2D eigenvalue weighted by molar-refractivity contribution is 0.421. The van der Waals surface area contributed by atoms with Gasteiger partial charge in [0.25, 0.3) is 0 Å². The molecule has 3 saturated carbocycles. The molecule has 2 bridgehead atoms. The van der Waals surface area contributed by atoms with Gasteiger partial charge in [0.1, 0.15) is 0 Å². The van der Waals surface area contributed by atoms with Crippen molar-refractivity contribution in [2.75, 3.05) is 13.1 Å². The molecule has 2 nitrogen and oxygen atoms in total. The van der Waals surface area contributed by atoms with Crippen molar-refractivity contribution in [3.63, 3.8) is 0 Å². The predicted molar refractivity (Wildman–Crippen MR) is 67.1 cm³/mol. The molecule has 0 amide bonds. The first-order chi connectivity index (χ1) is 7.85. The van der Waals surface area contributed by atoms with Crippen molar-refractivity contribution in [1.82, 2.24) is 5.32 Å². The molecule has 16 heavy (non-hydrogen) atoms. The maximum Gasteiger partial charge on any atom is 0.0135 e. The van der Waals surface area contributed by atoms with Crippen LogP contribution in [0.3, 0.4) is 0 Å². The maximum atomic E-state index is 5.73. The molecule has 2 heteroatoms. The molecular weight excluding hydrogens is 196 g/mol. The van der Waals surface area contributed by atoms with Gasteiger partial charge in [-0.2, -0.15) is 0 Å². The Balaban J connectivity index is 1.39. The molecule has 5 atom stereocenters. The van der Waals surface area contributed by atoms with Crippen molar-refractivity contribution in [3.05, 3.63) is 0 Å². The Hall–Kier alpha value is -0.0800. The molecule has 0 saturated heterocycles. The summed E-state index contributed by atoms with van der Waals surface area (Å²) in [4.78, 5) is 0. The topological polar surface area (TPSA) is 38.0 Å². The van der Waals surface area contributed by atoms with Crippen LogP contribution in [0.5, 0.6) is 0 Å². The minimum atomic E-state index is 0.739. The van der Waals surface area contributed by atoms with Gasteiger partial charge in [0.2, 0.25) is 0 Å². The molecule has 0 aliphatic heterocycles. The van der Waals surface area contributed by atoms with E-state index in [0.717, 1.165) is 42.2 Å². The van der Waals surface area contributed by atoms with Crippen molar-refractivity contribution < 1.29 is 0 Å². The van der Waals surface area contributed by atoms with E-state index in [4.69, 9.17) is 5.73 Å². The molecule has 0 spiro atoms. The van der Waals surface area contributed by atoms with Gasteiger partial charge in [0, 0.05) is 6.04 Å². The highest BCUT2D eigenvalue weighted by atomic mass is 15.0. The Labute approximate surface area is 99.4 Å². The average Bonchev–Trinajstić information content (AvgIpc) is 2.72. The van der Waals surface area contributed by atoms with Crippen molar-refractivity contribution in [2.24, 2.45) is 35.3 Å². The van der Waals surface area contributed by atoms with Crippen LogP contribution in [0.15, 0.2) is 0 Å². The lowest BCUT2D eigenvalue weighted by Gasteiger charge is -2.14. The van der Waals surface area contributed by atoms with Crippen molar-refractivity contribution in [1.29, 1.82) is 0 Å². The van der Waals surface area contributed by atoms with Crippen LogP contribution >= 0.6 is 0 Å². The van der Waals surface area contributed by atoms with E-state index in [1.807, 2.05) is 0 Å². The second-order valence-corrected chi connectivity index (χ2v) is 6.27. The normalized spacial score (nSPS) is 45.8. The quantitative estimate of drug-likeness (QED) is 0.721. The van der Waals surface area contributed by atoms with Gasteiger partial charge in [0.05, 0.1) is 0 Å². The number of rotatable bonds is 6. The van der Waals surface area contributed by atoms with E-state index in [1.54, 1.807) is 6.42 Å². The maximum absolute atomic E-state index is 5.73. The third kappa shape index (κ3) is 1.70. The summed E-state index contributed by atoms with van der Waals surface area (Å²) in [5.41, 5.74) is 5.73. The van der Waals surface area contributed by atoms with E-state index >= 15 is 0 Å². The van der Waals surface area contributed by atoms with E-state index in [0.29, 0.717) is 0 Å². The highest BCUT2D eigenvalue weighted by molar-refractivity contribution is 5.16. The average molecular weight is 222 g/mol. The van der Waals surface area contributed by atoms with Crippen LogP contribution in [-0.2, 0) is 0 Å². The summed E-state index contributed by atoms with van der Waals surface area (Å²) in [6.45, 7) is 4.32. The fourth-order valence-electron chi connectivity index (χ4n) is 4.54. The zero-order chi connectivity index (χ0) is 11.1. The van der Waals surface area contributed by atoms with Gasteiger partial charge >= 0.3 is 0 Å². The fraction of sp³-hybridized carbons (Fsp3) is 1.00. The molecule has 3 fully saturated rings. The summed E-state index contributed by atoms with van der Waals surface area (Å²) in [5.74, 6) is 5.10. The highest BCUT2D eigenvalue weighted by Gasteiger charge is 2.64. The van der Waals surface area contributed by atoms with Crippen molar-refractivity contribution >= 4 is 0 Å². The first kappa shape index (κ1) is 11.0. The van der Waals surface area contributed by atoms with Gasteiger partial charge in [-0.3, -0.25) is 0 Å². The zero-order valence-electron chi connectivity index (χ0n) is 10.5. The zero-order valence-corrected chi connectivity index (χ0v) is 10.5. The first-order valence-electron chi connectivity index (χ1n) is 7.28. The largest absolute Gasteiger partial charge is 0.330 e. The van der Waals surface area contributed by atoms with E-state index in [2.05, 4.69) is 12.2 Å². The molecule has 0 radical (unpaired) electrons. The smallest absolute Gasteiger partial charge is 0.0135 e. The fourth-order valence-corrected chi connectivity index (χ4v) is 4.54. The van der Waals surface area contributed by atoms with E-state index in [9.17, 15) is 0 Å². The third-order valence-electron chi connectivity index (χ3n) is 5.58. The Bertz CT molecular complexity index is 233. The lowest BCUT2D eigenvalue weighted by atomic mass is 10.0. The van der Waals surface area contributed by atoms with Gasteiger partial charge < -0.3 is 11.1 Å². The summed E-state index contributed by atoms with van der Waals surface area (Å²) in [6, 6.07) is 0.904. The van der Waals surface area contributed by atoms with Gasteiger partial charge in [-0.25, -0.2) is 0 Å². The molecule has 3 aliphatic carbocycles. The molecule has 0 heterocycles. The number of hydrogen-bond acceptors (Lipinski definition) is 2. The number of nitrogens with two attached hydrogens (primary N) is 1. The molecule has 3 rings (SSSR count).